The largest absolute Gasteiger partial charge is 0.434 e. The van der Waals surface area contributed by atoms with Crippen LogP contribution in [-0.4, -0.2) is 59.7 Å². The normalized spacial score (nSPS) is 28.4. The van der Waals surface area contributed by atoms with Gasteiger partial charge < -0.3 is 20.5 Å². The van der Waals surface area contributed by atoms with Crippen LogP contribution in [0.15, 0.2) is 36.8 Å². The Hall–Kier alpha value is -4.10. The lowest BCUT2D eigenvalue weighted by atomic mass is 9.66. The Balaban J connectivity index is 1.39. The number of hydrogen-bond donors (Lipinski definition) is 2. The summed E-state index contributed by atoms with van der Waals surface area (Å²) in [6.07, 6.45) is 4.33. The Morgan fingerprint density at radius 2 is 2.00 bits per heavy atom. The molecule has 1 aromatic carbocycles. The van der Waals surface area contributed by atoms with Crippen LogP contribution < -0.4 is 10.5 Å². The van der Waals surface area contributed by atoms with Crippen molar-refractivity contribution in [2.24, 2.45) is 5.73 Å². The summed E-state index contributed by atoms with van der Waals surface area (Å²) in [7, 11) is 0. The van der Waals surface area contributed by atoms with E-state index in [1.165, 1.54) is 30.6 Å². The maximum Gasteiger partial charge on any atom is 0.387 e. The van der Waals surface area contributed by atoms with Gasteiger partial charge in [-0.1, -0.05) is 6.07 Å². The van der Waals surface area contributed by atoms with Crippen molar-refractivity contribution in [2.45, 2.75) is 55.9 Å². The molecule has 1 saturated carbocycles. The third-order valence-corrected chi connectivity index (χ3v) is 7.91. The number of hydrogen-bond acceptors (Lipinski definition) is 8. The SMILES string of the molecule is [2H]C([2H])([2H])N1C(=O)c2cccc(OC(F)F)c2[C@H]2C[C@@H]1c1nn3cc(F)c(-c4cnc(C5(N)CC(C)(O)C5)nc4)nc3c12. The fourth-order valence-electron chi connectivity index (χ4n) is 6.44. The number of fused-ring (bicyclic) bond motifs is 9. The number of nitrogens with zero attached hydrogens (tertiary/aromatic N) is 6. The molecule has 2 bridgehead atoms. The van der Waals surface area contributed by atoms with Crippen LogP contribution in [0.1, 0.15) is 75.3 Å². The molecule has 206 valence electrons. The molecule has 0 spiro atoms. The first-order valence-corrected chi connectivity index (χ1v) is 12.5. The van der Waals surface area contributed by atoms with Crippen molar-refractivity contribution in [2.75, 3.05) is 6.98 Å². The second-order valence-corrected chi connectivity index (χ2v) is 10.9. The number of carbonyl (C=O) groups is 1. The van der Waals surface area contributed by atoms with E-state index in [0.717, 1.165) is 10.7 Å². The van der Waals surface area contributed by atoms with Gasteiger partial charge in [-0.15, -0.1) is 0 Å². The van der Waals surface area contributed by atoms with Crippen molar-refractivity contribution in [1.82, 2.24) is 29.5 Å². The van der Waals surface area contributed by atoms with Crippen molar-refractivity contribution < 1.29 is 31.9 Å². The van der Waals surface area contributed by atoms with Crippen LogP contribution in [-0.2, 0) is 5.54 Å². The van der Waals surface area contributed by atoms with E-state index in [-0.39, 0.29) is 64.6 Å². The molecular weight excluding hydrogens is 527 g/mol. The van der Waals surface area contributed by atoms with Gasteiger partial charge in [0.1, 0.15) is 17.3 Å². The first-order chi connectivity index (χ1) is 20.2. The zero-order chi connectivity index (χ0) is 30.6. The van der Waals surface area contributed by atoms with Crippen molar-refractivity contribution in [3.63, 3.8) is 0 Å². The maximum atomic E-state index is 15.4. The molecule has 10 nitrogen and oxygen atoms in total. The molecule has 0 unspecified atom stereocenters. The fraction of sp³-hybridized carbons (Fsp3) is 0.370. The summed E-state index contributed by atoms with van der Waals surface area (Å²) in [6, 6.07) is 2.92. The third-order valence-electron chi connectivity index (χ3n) is 7.91. The summed E-state index contributed by atoms with van der Waals surface area (Å²) in [5.41, 5.74) is 5.24. The van der Waals surface area contributed by atoms with Crippen LogP contribution in [0.2, 0.25) is 0 Å². The van der Waals surface area contributed by atoms with Gasteiger partial charge in [0, 0.05) is 64.5 Å². The Morgan fingerprint density at radius 1 is 1.25 bits per heavy atom. The zero-order valence-corrected chi connectivity index (χ0v) is 21.0. The van der Waals surface area contributed by atoms with Gasteiger partial charge >= 0.3 is 6.61 Å². The molecule has 2 aliphatic carbocycles. The number of alkyl halides is 2. The molecule has 0 radical (unpaired) electrons. The van der Waals surface area contributed by atoms with E-state index in [9.17, 15) is 18.7 Å². The van der Waals surface area contributed by atoms with Gasteiger partial charge in [-0.2, -0.15) is 13.9 Å². The smallest absolute Gasteiger partial charge is 0.387 e. The molecular formula is C27H24F3N7O3. The number of halogens is 3. The van der Waals surface area contributed by atoms with Gasteiger partial charge in [-0.05, 0) is 25.5 Å². The van der Waals surface area contributed by atoms with Crippen molar-refractivity contribution in [3.8, 4) is 17.0 Å². The molecule has 3 aliphatic rings. The monoisotopic (exact) mass is 554 g/mol. The fourth-order valence-corrected chi connectivity index (χ4v) is 6.44. The predicted octanol–water partition coefficient (Wildman–Crippen LogP) is 3.29. The van der Waals surface area contributed by atoms with Gasteiger partial charge in [-0.25, -0.2) is 23.9 Å². The highest BCUT2D eigenvalue weighted by molar-refractivity contribution is 5.98. The summed E-state index contributed by atoms with van der Waals surface area (Å²) < 4.78 is 72.5. The number of nitrogens with two attached hydrogens (primary N) is 1. The minimum Gasteiger partial charge on any atom is -0.434 e. The molecule has 0 saturated heterocycles. The quantitative estimate of drug-likeness (QED) is 0.393. The summed E-state index contributed by atoms with van der Waals surface area (Å²) >= 11 is 0. The van der Waals surface area contributed by atoms with E-state index in [4.69, 9.17) is 14.6 Å². The maximum absolute atomic E-state index is 15.4. The number of aliphatic hydroxyl groups is 1. The number of carbonyl (C=O) groups excluding carboxylic acids is 1. The van der Waals surface area contributed by atoms with Crippen LogP contribution in [0.3, 0.4) is 0 Å². The molecule has 13 heteroatoms. The van der Waals surface area contributed by atoms with Gasteiger partial charge in [0.25, 0.3) is 5.91 Å². The number of amides is 1. The predicted molar refractivity (Wildman–Crippen MR) is 134 cm³/mol. The van der Waals surface area contributed by atoms with Crippen molar-refractivity contribution in [1.29, 1.82) is 0 Å². The minimum absolute atomic E-state index is 0.0173. The average Bonchev–Trinajstić information content (AvgIpc) is 3.38. The highest BCUT2D eigenvalue weighted by Gasteiger charge is 2.51. The van der Waals surface area contributed by atoms with Gasteiger partial charge in [0.05, 0.1) is 29.1 Å². The third kappa shape index (κ3) is 3.53. The first kappa shape index (κ1) is 21.7. The Morgan fingerprint density at radius 3 is 2.67 bits per heavy atom. The van der Waals surface area contributed by atoms with Gasteiger partial charge in [0.2, 0.25) is 0 Å². The molecule has 1 fully saturated rings. The molecule has 40 heavy (non-hydrogen) atoms. The zero-order valence-electron chi connectivity index (χ0n) is 24.0. The highest BCUT2D eigenvalue weighted by atomic mass is 19.3. The van der Waals surface area contributed by atoms with Crippen LogP contribution in [0, 0.1) is 5.82 Å². The summed E-state index contributed by atoms with van der Waals surface area (Å²) in [6.45, 7) is -4.44. The van der Waals surface area contributed by atoms with E-state index in [2.05, 4.69) is 20.1 Å². The van der Waals surface area contributed by atoms with Crippen LogP contribution in [0.5, 0.6) is 5.75 Å². The number of ether oxygens (including phenoxy) is 1. The van der Waals surface area contributed by atoms with Gasteiger partial charge in [-0.3, -0.25) is 4.79 Å². The average molecular weight is 555 g/mol. The van der Waals surface area contributed by atoms with E-state index in [0.29, 0.717) is 10.5 Å². The summed E-state index contributed by atoms with van der Waals surface area (Å²) in [5, 5.41) is 14.5. The van der Waals surface area contributed by atoms with Crippen molar-refractivity contribution in [3.05, 3.63) is 70.8 Å². The Kier molecular flexibility index (Phi) is 4.45. The van der Waals surface area contributed by atoms with E-state index in [1.807, 2.05) is 0 Å². The molecule has 2 atom stereocenters. The molecule has 7 rings (SSSR count). The first-order valence-electron chi connectivity index (χ1n) is 14.0. The topological polar surface area (TPSA) is 132 Å². The van der Waals surface area contributed by atoms with Crippen molar-refractivity contribution >= 4 is 11.6 Å². The number of benzene rings is 1. The minimum atomic E-state index is -3.20. The Bertz CT molecular complexity index is 1810. The van der Waals surface area contributed by atoms with E-state index >= 15 is 4.39 Å². The summed E-state index contributed by atoms with van der Waals surface area (Å²) in [5.74, 6) is -2.47. The lowest BCUT2D eigenvalue weighted by molar-refractivity contribution is -0.0769. The van der Waals surface area contributed by atoms with Gasteiger partial charge in [0.15, 0.2) is 11.5 Å². The molecule has 3 aromatic heterocycles. The second-order valence-electron chi connectivity index (χ2n) is 10.9. The number of rotatable bonds is 4. The molecule has 1 amide bonds. The van der Waals surface area contributed by atoms with Crippen LogP contribution in [0.25, 0.3) is 16.9 Å². The lowest BCUT2D eigenvalue weighted by Gasteiger charge is -2.48. The standard InChI is InChI=1S/C27H24F3N7O3/c1-26(39)10-27(31,11-26)24-32-7-12(8-33-24)20-15(28)9-37-22(34-20)19-14-6-16(21(19)35-37)36(2)23(38)13-4-3-5-17(18(13)14)40-25(29)30/h3-5,7-9,14,16,25,39H,6,10-11,31H2,1-2H3/t14-,16-,26?,27?/m1/s1/i2D3. The molecule has 3 N–H and O–H groups in total. The lowest BCUT2D eigenvalue weighted by Crippen LogP contribution is -2.59. The number of aromatic nitrogens is 5. The van der Waals surface area contributed by atoms with Crippen LogP contribution >= 0.6 is 0 Å². The Labute approximate surface area is 229 Å². The van der Waals surface area contributed by atoms with Crippen LogP contribution in [0.4, 0.5) is 13.2 Å². The second kappa shape index (κ2) is 8.21. The van der Waals surface area contributed by atoms with E-state index in [1.54, 1.807) is 6.92 Å². The summed E-state index contributed by atoms with van der Waals surface area (Å²) in [4.78, 5) is 27.4. The highest BCUT2D eigenvalue weighted by Crippen LogP contribution is 2.53. The van der Waals surface area contributed by atoms with E-state index < -0.39 is 48.4 Å². The molecule has 4 aromatic rings. The molecule has 1 aliphatic heterocycles. The molecule has 4 heterocycles.